The van der Waals surface area contributed by atoms with Crippen molar-refractivity contribution in [1.82, 2.24) is 0 Å². The summed E-state index contributed by atoms with van der Waals surface area (Å²) in [6.45, 7) is 0.991. The van der Waals surface area contributed by atoms with Gasteiger partial charge in [0.15, 0.2) is 11.5 Å². The first-order chi connectivity index (χ1) is 15.6. The number of carbonyl (C=O) groups excluding carboxylic acids is 2. The molecule has 1 saturated heterocycles. The summed E-state index contributed by atoms with van der Waals surface area (Å²) in [5, 5.41) is 2.61. The molecule has 0 unspecified atom stereocenters. The van der Waals surface area contributed by atoms with E-state index in [1.54, 1.807) is 28.8 Å². The highest BCUT2D eigenvalue weighted by Crippen LogP contribution is 2.44. The number of fused-ring (bicyclic) bond motifs is 1. The van der Waals surface area contributed by atoms with Crippen LogP contribution in [-0.2, 0) is 4.79 Å². The summed E-state index contributed by atoms with van der Waals surface area (Å²) in [4.78, 5) is 26.8. The number of ether oxygens (including phenoxy) is 2. The number of benzene rings is 3. The first kappa shape index (κ1) is 20.4. The van der Waals surface area contributed by atoms with Crippen molar-refractivity contribution in [3.8, 4) is 11.5 Å². The minimum absolute atomic E-state index is 0.0189. The van der Waals surface area contributed by atoms with Crippen LogP contribution in [0, 0.1) is 5.82 Å². The summed E-state index contributed by atoms with van der Waals surface area (Å²) >= 11 is 1.54. The molecule has 2 aliphatic heterocycles. The number of nitrogens with one attached hydrogen (secondary N) is 1. The molecule has 0 radical (unpaired) electrons. The molecule has 2 aliphatic rings. The van der Waals surface area contributed by atoms with E-state index in [1.165, 1.54) is 24.3 Å². The van der Waals surface area contributed by atoms with E-state index in [2.05, 4.69) is 5.32 Å². The molecule has 0 bridgehead atoms. The van der Waals surface area contributed by atoms with Gasteiger partial charge in [0.1, 0.15) is 24.4 Å². The Morgan fingerprint density at radius 2 is 1.69 bits per heavy atom. The molecule has 0 aliphatic carbocycles. The van der Waals surface area contributed by atoms with Crippen molar-refractivity contribution >= 4 is 35.0 Å². The van der Waals surface area contributed by atoms with Gasteiger partial charge in [0.2, 0.25) is 5.91 Å². The summed E-state index contributed by atoms with van der Waals surface area (Å²) in [5.41, 5.74) is 2.68. The van der Waals surface area contributed by atoms with Crippen LogP contribution in [0.3, 0.4) is 0 Å². The Bertz CT molecular complexity index is 1170. The van der Waals surface area contributed by atoms with Crippen LogP contribution < -0.4 is 19.7 Å². The highest BCUT2D eigenvalue weighted by Gasteiger charge is 2.34. The number of halogens is 1. The normalized spacial score (nSPS) is 17.3. The second kappa shape index (κ2) is 8.55. The van der Waals surface area contributed by atoms with Crippen molar-refractivity contribution < 1.29 is 23.5 Å². The Balaban J connectivity index is 1.34. The number of hydrogen-bond donors (Lipinski definition) is 1. The molecule has 3 aromatic carbocycles. The van der Waals surface area contributed by atoms with Gasteiger partial charge in [0.05, 0.1) is 5.75 Å². The van der Waals surface area contributed by atoms with E-state index in [4.69, 9.17) is 9.47 Å². The van der Waals surface area contributed by atoms with Crippen LogP contribution in [0.5, 0.6) is 11.5 Å². The maximum absolute atomic E-state index is 13.1. The van der Waals surface area contributed by atoms with E-state index in [9.17, 15) is 14.0 Å². The SMILES string of the molecule is O=C(Nc1ccc([C@H]2SCC(=O)N2c2ccc3c(c2)OCCO3)cc1)c1ccc(F)cc1. The minimum Gasteiger partial charge on any atom is -0.486 e. The van der Waals surface area contributed by atoms with Crippen molar-refractivity contribution in [1.29, 1.82) is 0 Å². The molecule has 6 nitrogen and oxygen atoms in total. The highest BCUT2D eigenvalue weighted by atomic mass is 32.2. The Hall–Kier alpha value is -3.52. The highest BCUT2D eigenvalue weighted by molar-refractivity contribution is 8.00. The third-order valence-corrected chi connectivity index (χ3v) is 6.44. The lowest BCUT2D eigenvalue weighted by atomic mass is 10.1. The van der Waals surface area contributed by atoms with Crippen LogP contribution in [0.25, 0.3) is 0 Å². The quantitative estimate of drug-likeness (QED) is 0.628. The third-order valence-electron chi connectivity index (χ3n) is 5.23. The molecule has 1 fully saturated rings. The first-order valence-electron chi connectivity index (χ1n) is 10.1. The molecule has 5 rings (SSSR count). The molecule has 0 aromatic heterocycles. The molecule has 162 valence electrons. The van der Waals surface area contributed by atoms with Crippen LogP contribution >= 0.6 is 11.8 Å². The fourth-order valence-corrected chi connectivity index (χ4v) is 4.84. The Labute approximate surface area is 188 Å². The number of nitrogens with zero attached hydrogens (tertiary/aromatic N) is 1. The molecule has 2 heterocycles. The van der Waals surface area contributed by atoms with Crippen LogP contribution in [0.4, 0.5) is 15.8 Å². The summed E-state index contributed by atoms with van der Waals surface area (Å²) in [7, 11) is 0. The van der Waals surface area contributed by atoms with Crippen LogP contribution in [0.1, 0.15) is 21.3 Å². The monoisotopic (exact) mass is 450 g/mol. The van der Waals surface area contributed by atoms with Crippen molar-refractivity contribution in [2.24, 2.45) is 0 Å². The average Bonchev–Trinajstić information content (AvgIpc) is 3.21. The molecular weight excluding hydrogens is 431 g/mol. The second-order valence-electron chi connectivity index (χ2n) is 7.34. The minimum atomic E-state index is -0.392. The fourth-order valence-electron chi connectivity index (χ4n) is 3.67. The Morgan fingerprint density at radius 1 is 0.969 bits per heavy atom. The summed E-state index contributed by atoms with van der Waals surface area (Å²) in [6.07, 6.45) is 0. The molecular formula is C24H19FN2O4S. The van der Waals surface area contributed by atoms with E-state index in [0.29, 0.717) is 41.7 Å². The fraction of sp³-hybridized carbons (Fsp3) is 0.167. The molecule has 0 spiro atoms. The number of amides is 2. The zero-order valence-corrected chi connectivity index (χ0v) is 17.7. The topological polar surface area (TPSA) is 67.9 Å². The number of rotatable bonds is 4. The summed E-state index contributed by atoms with van der Waals surface area (Å²) in [6, 6.07) is 18.3. The number of hydrogen-bond acceptors (Lipinski definition) is 5. The number of anilines is 2. The van der Waals surface area contributed by atoms with Gasteiger partial charge in [-0.25, -0.2) is 4.39 Å². The zero-order chi connectivity index (χ0) is 22.1. The van der Waals surface area contributed by atoms with Crippen LogP contribution in [-0.4, -0.2) is 30.8 Å². The predicted octanol–water partition coefficient (Wildman–Crippen LogP) is 4.63. The third kappa shape index (κ3) is 4.01. The molecule has 1 atom stereocenters. The standard InChI is InChI=1S/C24H19FN2O4S/c25-17-5-1-15(2-6-17)23(29)26-18-7-3-16(4-8-18)24-27(22(28)14-32-24)19-9-10-20-21(13-19)31-12-11-30-20/h1-10,13,24H,11-12,14H2,(H,26,29)/t24-/m1/s1. The van der Waals surface area contributed by atoms with Gasteiger partial charge in [-0.05, 0) is 54.1 Å². The summed E-state index contributed by atoms with van der Waals surface area (Å²) < 4.78 is 24.3. The van der Waals surface area contributed by atoms with Gasteiger partial charge in [-0.2, -0.15) is 0 Å². The van der Waals surface area contributed by atoms with Crippen molar-refractivity contribution in [2.75, 3.05) is 29.2 Å². The lowest BCUT2D eigenvalue weighted by Crippen LogP contribution is -2.28. The number of carbonyl (C=O) groups is 2. The Kier molecular flexibility index (Phi) is 5.45. The maximum Gasteiger partial charge on any atom is 0.255 e. The van der Waals surface area contributed by atoms with Crippen LogP contribution in [0.2, 0.25) is 0 Å². The molecule has 0 saturated carbocycles. The predicted molar refractivity (Wildman–Crippen MR) is 121 cm³/mol. The molecule has 3 aromatic rings. The summed E-state index contributed by atoms with van der Waals surface area (Å²) in [5.74, 6) is 0.999. The smallest absolute Gasteiger partial charge is 0.255 e. The van der Waals surface area contributed by atoms with Crippen LogP contribution in [0.15, 0.2) is 66.7 Å². The van der Waals surface area contributed by atoms with Gasteiger partial charge in [-0.1, -0.05) is 12.1 Å². The molecule has 32 heavy (non-hydrogen) atoms. The van der Waals surface area contributed by atoms with Gasteiger partial charge < -0.3 is 14.8 Å². The second-order valence-corrected chi connectivity index (χ2v) is 8.41. The molecule has 2 amide bonds. The van der Waals surface area contributed by atoms with Crippen molar-refractivity contribution in [3.63, 3.8) is 0 Å². The lowest BCUT2D eigenvalue weighted by Gasteiger charge is -2.26. The van der Waals surface area contributed by atoms with Gasteiger partial charge in [0, 0.05) is 23.0 Å². The van der Waals surface area contributed by atoms with Gasteiger partial charge in [-0.15, -0.1) is 11.8 Å². The van der Waals surface area contributed by atoms with Gasteiger partial charge >= 0.3 is 0 Å². The first-order valence-corrected chi connectivity index (χ1v) is 11.1. The maximum atomic E-state index is 13.1. The lowest BCUT2D eigenvalue weighted by molar-refractivity contribution is -0.115. The Morgan fingerprint density at radius 3 is 2.44 bits per heavy atom. The molecule has 8 heteroatoms. The zero-order valence-electron chi connectivity index (χ0n) is 16.9. The van der Waals surface area contributed by atoms with Crippen molar-refractivity contribution in [2.45, 2.75) is 5.37 Å². The van der Waals surface area contributed by atoms with E-state index < -0.39 is 5.82 Å². The van der Waals surface area contributed by atoms with Crippen molar-refractivity contribution in [3.05, 3.63) is 83.7 Å². The largest absolute Gasteiger partial charge is 0.486 e. The van der Waals surface area contributed by atoms with E-state index in [-0.39, 0.29) is 17.2 Å². The van der Waals surface area contributed by atoms with E-state index >= 15 is 0 Å². The average molecular weight is 450 g/mol. The van der Waals surface area contributed by atoms with Gasteiger partial charge in [-0.3, -0.25) is 14.5 Å². The van der Waals surface area contributed by atoms with E-state index in [0.717, 1.165) is 11.3 Å². The molecule has 1 N–H and O–H groups in total. The van der Waals surface area contributed by atoms with Gasteiger partial charge in [0.25, 0.3) is 5.91 Å². The number of thioether (sulfide) groups is 1. The van der Waals surface area contributed by atoms with E-state index in [1.807, 2.05) is 30.3 Å².